The molecule has 7 heteroatoms. The first-order valence-electron chi connectivity index (χ1n) is 10.8. The number of nitrogens with one attached hydrogen (secondary N) is 2. The van der Waals surface area contributed by atoms with E-state index >= 15 is 0 Å². The second kappa shape index (κ2) is 9.05. The van der Waals surface area contributed by atoms with Crippen molar-refractivity contribution in [3.63, 3.8) is 0 Å². The second-order valence-electron chi connectivity index (χ2n) is 8.39. The molecule has 7 nitrogen and oxygen atoms in total. The zero-order chi connectivity index (χ0) is 20.2. The summed E-state index contributed by atoms with van der Waals surface area (Å²) in [5.41, 5.74) is 1.17. The van der Waals surface area contributed by atoms with Gasteiger partial charge in [-0.3, -0.25) is 4.79 Å². The molecule has 2 aliphatic carbocycles. The van der Waals surface area contributed by atoms with E-state index in [0.717, 1.165) is 56.8 Å². The van der Waals surface area contributed by atoms with Crippen LogP contribution in [0.4, 0.5) is 5.95 Å². The molecule has 2 aromatic rings. The molecule has 0 spiro atoms. The van der Waals surface area contributed by atoms with Gasteiger partial charge >= 0.3 is 0 Å². The Morgan fingerprint density at radius 3 is 2.69 bits per heavy atom. The number of hydrogen-bond acceptors (Lipinski definition) is 6. The molecule has 29 heavy (non-hydrogen) atoms. The zero-order valence-electron chi connectivity index (χ0n) is 16.7. The predicted molar refractivity (Wildman–Crippen MR) is 112 cm³/mol. The molecule has 1 amide bonds. The number of carbonyl (C=O) groups is 1. The Hall–Kier alpha value is -2.25. The standard InChI is InChI=1S/C22H30N4O3/c27-13-15-4-1-2-7-19(15)25-21(29)18-6-3-5-14-12-23-22(26-20(14)18)24-16-8-10-17(28)11-9-16/h3,5-6,12,15-17,19,27-28H,1-2,4,7-11,13H2,(H,25,29)(H,23,24,26)/t15-,16-,17-,19-/m1/s1. The van der Waals surface area contributed by atoms with E-state index < -0.39 is 0 Å². The maximum atomic E-state index is 13.0. The fourth-order valence-corrected chi connectivity index (χ4v) is 4.57. The van der Waals surface area contributed by atoms with Gasteiger partial charge in [0, 0.05) is 36.2 Å². The predicted octanol–water partition coefficient (Wildman–Crippen LogP) is 2.63. The van der Waals surface area contributed by atoms with Crippen LogP contribution in [0.1, 0.15) is 61.7 Å². The molecular weight excluding hydrogens is 368 g/mol. The van der Waals surface area contributed by atoms with Crippen LogP contribution in [0.3, 0.4) is 0 Å². The van der Waals surface area contributed by atoms with E-state index in [9.17, 15) is 15.0 Å². The monoisotopic (exact) mass is 398 g/mol. The number of benzene rings is 1. The highest BCUT2D eigenvalue weighted by Crippen LogP contribution is 2.26. The lowest BCUT2D eigenvalue weighted by Gasteiger charge is -2.31. The van der Waals surface area contributed by atoms with E-state index in [2.05, 4.69) is 20.6 Å². The summed E-state index contributed by atoms with van der Waals surface area (Å²) in [6.45, 7) is 0.104. The minimum Gasteiger partial charge on any atom is -0.396 e. The highest BCUT2D eigenvalue weighted by atomic mass is 16.3. The minimum atomic E-state index is -0.205. The summed E-state index contributed by atoms with van der Waals surface area (Å²) in [4.78, 5) is 22.1. The normalized spacial score (nSPS) is 27.5. The van der Waals surface area contributed by atoms with Crippen molar-refractivity contribution < 1.29 is 15.0 Å². The van der Waals surface area contributed by atoms with Gasteiger partial charge in [0.1, 0.15) is 0 Å². The number of aliphatic hydroxyl groups excluding tert-OH is 2. The van der Waals surface area contributed by atoms with Crippen molar-refractivity contribution in [2.24, 2.45) is 5.92 Å². The van der Waals surface area contributed by atoms with E-state index in [0.29, 0.717) is 17.0 Å². The zero-order valence-corrected chi connectivity index (χ0v) is 16.7. The Bertz CT molecular complexity index is 851. The molecule has 2 saturated carbocycles. The van der Waals surface area contributed by atoms with Gasteiger partial charge < -0.3 is 20.8 Å². The molecule has 4 rings (SSSR count). The molecule has 0 unspecified atom stereocenters. The molecule has 2 aliphatic rings. The molecule has 1 aromatic heterocycles. The van der Waals surface area contributed by atoms with Crippen molar-refractivity contribution in [2.75, 3.05) is 11.9 Å². The van der Waals surface area contributed by atoms with Crippen LogP contribution < -0.4 is 10.6 Å². The maximum absolute atomic E-state index is 13.0. The third-order valence-corrected chi connectivity index (χ3v) is 6.35. The Morgan fingerprint density at radius 2 is 1.90 bits per heavy atom. The lowest BCUT2D eigenvalue weighted by Crippen LogP contribution is -2.43. The minimum absolute atomic E-state index is 0.00426. The Morgan fingerprint density at radius 1 is 1.10 bits per heavy atom. The summed E-state index contributed by atoms with van der Waals surface area (Å²) in [7, 11) is 0. The van der Waals surface area contributed by atoms with Gasteiger partial charge in [-0.25, -0.2) is 9.97 Å². The van der Waals surface area contributed by atoms with E-state index in [1.165, 1.54) is 0 Å². The number of anilines is 1. The van der Waals surface area contributed by atoms with Crippen LogP contribution in [0.15, 0.2) is 24.4 Å². The van der Waals surface area contributed by atoms with E-state index in [1.54, 1.807) is 12.3 Å². The van der Waals surface area contributed by atoms with Gasteiger partial charge in [-0.2, -0.15) is 0 Å². The molecule has 0 aliphatic heterocycles. The maximum Gasteiger partial charge on any atom is 0.253 e. The quantitative estimate of drug-likeness (QED) is 0.617. The molecule has 1 aromatic carbocycles. The molecule has 2 fully saturated rings. The van der Waals surface area contributed by atoms with Crippen molar-refractivity contribution in [1.29, 1.82) is 0 Å². The summed E-state index contributed by atoms with van der Waals surface area (Å²) in [5.74, 6) is 0.493. The summed E-state index contributed by atoms with van der Waals surface area (Å²) in [5, 5.41) is 26.6. The van der Waals surface area contributed by atoms with E-state index in [4.69, 9.17) is 0 Å². The molecule has 0 saturated heterocycles. The highest BCUT2D eigenvalue weighted by Gasteiger charge is 2.27. The molecule has 2 atom stereocenters. The number of amides is 1. The first kappa shape index (κ1) is 20.0. The van der Waals surface area contributed by atoms with Crippen molar-refractivity contribution >= 4 is 22.8 Å². The first-order valence-corrected chi connectivity index (χ1v) is 10.8. The number of para-hydroxylation sites is 1. The fourth-order valence-electron chi connectivity index (χ4n) is 4.57. The average molecular weight is 399 g/mol. The number of hydrogen-bond donors (Lipinski definition) is 4. The van der Waals surface area contributed by atoms with E-state index in [1.807, 2.05) is 12.1 Å². The average Bonchev–Trinajstić information content (AvgIpc) is 2.75. The number of fused-ring (bicyclic) bond motifs is 1. The van der Waals surface area contributed by atoms with Crippen molar-refractivity contribution in [1.82, 2.24) is 15.3 Å². The fraction of sp³-hybridized carbons (Fsp3) is 0.591. The topological polar surface area (TPSA) is 107 Å². The molecule has 4 N–H and O–H groups in total. The van der Waals surface area contributed by atoms with Crippen molar-refractivity contribution in [3.8, 4) is 0 Å². The van der Waals surface area contributed by atoms with Gasteiger partial charge in [0.2, 0.25) is 5.95 Å². The van der Waals surface area contributed by atoms with Gasteiger partial charge in [0.25, 0.3) is 5.91 Å². The van der Waals surface area contributed by atoms with Crippen molar-refractivity contribution in [2.45, 2.75) is 69.6 Å². The Labute approximate surface area is 170 Å². The van der Waals surface area contributed by atoms with Crippen LogP contribution in [0.5, 0.6) is 0 Å². The van der Waals surface area contributed by atoms with Gasteiger partial charge in [-0.15, -0.1) is 0 Å². The molecular formula is C22H30N4O3. The SMILES string of the molecule is O=C(N[C@@H]1CCCC[C@@H]1CO)c1cccc2cnc(N[C@H]3CC[C@H](O)CC3)nc12. The van der Waals surface area contributed by atoms with Crippen LogP contribution >= 0.6 is 0 Å². The van der Waals surface area contributed by atoms with Crippen LogP contribution in [-0.4, -0.2) is 50.9 Å². The molecule has 0 radical (unpaired) electrons. The van der Waals surface area contributed by atoms with E-state index in [-0.39, 0.29) is 36.6 Å². The summed E-state index contributed by atoms with van der Waals surface area (Å²) in [6, 6.07) is 5.79. The highest BCUT2D eigenvalue weighted by molar-refractivity contribution is 6.05. The van der Waals surface area contributed by atoms with Gasteiger partial charge in [0.15, 0.2) is 0 Å². The molecule has 156 valence electrons. The summed E-state index contributed by atoms with van der Waals surface area (Å²) in [6.07, 6.45) is 8.90. The third-order valence-electron chi connectivity index (χ3n) is 6.35. The van der Waals surface area contributed by atoms with Crippen LogP contribution in [0.25, 0.3) is 10.9 Å². The van der Waals surface area contributed by atoms with Gasteiger partial charge in [0.05, 0.1) is 17.2 Å². The number of aliphatic hydroxyl groups is 2. The first-order chi connectivity index (χ1) is 14.1. The lowest BCUT2D eigenvalue weighted by atomic mass is 9.85. The number of rotatable bonds is 5. The smallest absolute Gasteiger partial charge is 0.253 e. The van der Waals surface area contributed by atoms with Crippen LogP contribution in [0, 0.1) is 5.92 Å². The Kier molecular flexibility index (Phi) is 6.25. The second-order valence-corrected chi connectivity index (χ2v) is 8.39. The Balaban J connectivity index is 1.53. The largest absolute Gasteiger partial charge is 0.396 e. The van der Waals surface area contributed by atoms with Gasteiger partial charge in [-0.05, 0) is 44.6 Å². The summed E-state index contributed by atoms with van der Waals surface area (Å²) >= 11 is 0. The molecule has 0 bridgehead atoms. The number of aromatic nitrogens is 2. The lowest BCUT2D eigenvalue weighted by molar-refractivity contribution is 0.0874. The molecule has 1 heterocycles. The van der Waals surface area contributed by atoms with Crippen LogP contribution in [0.2, 0.25) is 0 Å². The number of carbonyl (C=O) groups excluding carboxylic acids is 1. The van der Waals surface area contributed by atoms with Crippen LogP contribution in [-0.2, 0) is 0 Å². The summed E-state index contributed by atoms with van der Waals surface area (Å²) < 4.78 is 0. The van der Waals surface area contributed by atoms with Crippen molar-refractivity contribution in [3.05, 3.63) is 30.0 Å². The third kappa shape index (κ3) is 4.67. The van der Waals surface area contributed by atoms with Gasteiger partial charge in [-0.1, -0.05) is 25.0 Å². The number of nitrogens with zero attached hydrogens (tertiary/aromatic N) is 2.